The number of fused-ring (bicyclic) bond motifs is 7. The van der Waals surface area contributed by atoms with Crippen molar-refractivity contribution >= 4 is 11.9 Å². The van der Waals surface area contributed by atoms with Crippen molar-refractivity contribution in [3.63, 3.8) is 0 Å². The Labute approximate surface area is 210 Å². The van der Waals surface area contributed by atoms with Gasteiger partial charge in [0.15, 0.2) is 0 Å². The van der Waals surface area contributed by atoms with E-state index in [1.807, 2.05) is 6.92 Å². The third-order valence-corrected chi connectivity index (χ3v) is 13.3. The van der Waals surface area contributed by atoms with Crippen molar-refractivity contribution in [3.05, 3.63) is 12.2 Å². The zero-order valence-corrected chi connectivity index (χ0v) is 22.4. The van der Waals surface area contributed by atoms with Crippen LogP contribution in [0.3, 0.4) is 0 Å². The number of rotatable bonds is 3. The van der Waals surface area contributed by atoms with Crippen LogP contribution in [0.1, 0.15) is 98.8 Å². The maximum absolute atomic E-state index is 13.5. The van der Waals surface area contributed by atoms with Crippen molar-refractivity contribution in [1.29, 1.82) is 0 Å². The van der Waals surface area contributed by atoms with E-state index in [2.05, 4.69) is 34.3 Å². The topological polar surface area (TPSA) is 94.8 Å². The molecule has 0 radical (unpaired) electrons. The lowest BCUT2D eigenvalue weighted by atomic mass is 9.32. The smallest absolute Gasteiger partial charge is 0.310 e. The number of aliphatic carboxylic acids is 2. The quantitative estimate of drug-likeness (QED) is 0.416. The Morgan fingerprint density at radius 2 is 1.49 bits per heavy atom. The highest BCUT2D eigenvalue weighted by molar-refractivity contribution is 5.80. The van der Waals surface area contributed by atoms with E-state index in [1.54, 1.807) is 0 Å². The second-order valence-electron chi connectivity index (χ2n) is 14.4. The molecule has 0 aromatic carbocycles. The molecule has 5 saturated carbocycles. The normalized spacial score (nSPS) is 52.4. The van der Waals surface area contributed by atoms with Crippen LogP contribution in [0.4, 0.5) is 0 Å². The number of allylic oxidation sites excluding steroid dienone is 1. The van der Waals surface area contributed by atoms with Gasteiger partial charge in [-0.1, -0.05) is 39.8 Å². The van der Waals surface area contributed by atoms with E-state index in [-0.39, 0.29) is 46.0 Å². The fourth-order valence-corrected chi connectivity index (χ4v) is 11.6. The van der Waals surface area contributed by atoms with Crippen LogP contribution < -0.4 is 0 Å². The Morgan fingerprint density at radius 3 is 2.09 bits per heavy atom. The van der Waals surface area contributed by atoms with Crippen LogP contribution >= 0.6 is 0 Å². The molecular formula is C30H46O5. The summed E-state index contributed by atoms with van der Waals surface area (Å²) < 4.78 is 0. The lowest BCUT2D eigenvalue weighted by molar-refractivity contribution is -0.254. The van der Waals surface area contributed by atoms with Crippen molar-refractivity contribution in [1.82, 2.24) is 0 Å². The largest absolute Gasteiger partial charge is 0.481 e. The fraction of sp³-hybridized carbons (Fsp3) is 0.867. The summed E-state index contributed by atoms with van der Waals surface area (Å²) in [5.74, 6) is -0.959. The van der Waals surface area contributed by atoms with Gasteiger partial charge in [-0.2, -0.15) is 0 Å². The first-order valence-corrected chi connectivity index (χ1v) is 14.0. The highest BCUT2D eigenvalue weighted by Gasteiger charge is 2.75. The molecule has 0 amide bonds. The van der Waals surface area contributed by atoms with Gasteiger partial charge in [-0.25, -0.2) is 0 Å². The fourth-order valence-electron chi connectivity index (χ4n) is 11.6. The van der Waals surface area contributed by atoms with E-state index in [0.29, 0.717) is 25.2 Å². The number of aliphatic hydroxyl groups excluding tert-OH is 1. The second-order valence-corrected chi connectivity index (χ2v) is 14.4. The lowest BCUT2D eigenvalue weighted by Crippen LogP contribution is -2.69. The molecule has 0 heterocycles. The Morgan fingerprint density at radius 1 is 0.800 bits per heavy atom. The predicted octanol–water partition coefficient (Wildman–Crippen LogP) is 6.15. The van der Waals surface area contributed by atoms with Crippen molar-refractivity contribution < 1.29 is 24.9 Å². The molecule has 10 atom stereocenters. The van der Waals surface area contributed by atoms with E-state index < -0.39 is 22.8 Å². The van der Waals surface area contributed by atoms with E-state index in [0.717, 1.165) is 50.5 Å². The standard InChI is InChI=1S/C30H46O5/c1-17(2)18-9-14-29(24(32)33)15-16-30(25(34)35)19(23(18)29)7-8-21-27(5)12-11-22(31)26(3,4)20(27)10-13-28(21,30)6/h18-23,31H,1,7-16H2,2-6H3,(H,32,33)(H,34,35)/t18-,19+,20-,21-,22-,23+,27-,28+,29-,30+/m0/s1. The molecule has 35 heavy (non-hydrogen) atoms. The lowest BCUT2D eigenvalue weighted by Gasteiger charge is -2.71. The summed E-state index contributed by atoms with van der Waals surface area (Å²) >= 11 is 0. The van der Waals surface area contributed by atoms with Gasteiger partial charge in [-0.15, -0.1) is 0 Å². The Balaban J connectivity index is 1.64. The van der Waals surface area contributed by atoms with Crippen LogP contribution in [0.5, 0.6) is 0 Å². The van der Waals surface area contributed by atoms with Gasteiger partial charge in [0.1, 0.15) is 0 Å². The van der Waals surface area contributed by atoms with Gasteiger partial charge in [0, 0.05) is 0 Å². The number of aliphatic hydroxyl groups is 1. The molecule has 0 aliphatic heterocycles. The van der Waals surface area contributed by atoms with Crippen LogP contribution in [0.25, 0.3) is 0 Å². The second kappa shape index (κ2) is 7.58. The molecule has 5 aliphatic rings. The van der Waals surface area contributed by atoms with Crippen LogP contribution in [-0.2, 0) is 9.59 Å². The van der Waals surface area contributed by atoms with Gasteiger partial charge in [0.05, 0.1) is 16.9 Å². The van der Waals surface area contributed by atoms with Gasteiger partial charge in [0.25, 0.3) is 0 Å². The van der Waals surface area contributed by atoms with Gasteiger partial charge < -0.3 is 15.3 Å². The molecule has 5 aliphatic carbocycles. The summed E-state index contributed by atoms with van der Waals surface area (Å²) in [6.45, 7) is 15.3. The minimum Gasteiger partial charge on any atom is -0.481 e. The summed E-state index contributed by atoms with van der Waals surface area (Å²) in [6.07, 6.45) is 7.34. The highest BCUT2D eigenvalue weighted by Crippen LogP contribution is 2.77. The zero-order valence-electron chi connectivity index (χ0n) is 22.4. The van der Waals surface area contributed by atoms with E-state index in [4.69, 9.17) is 0 Å². The number of carbonyl (C=O) groups is 2. The maximum Gasteiger partial charge on any atom is 0.310 e. The van der Waals surface area contributed by atoms with Crippen LogP contribution in [-0.4, -0.2) is 33.4 Å². The molecule has 0 aromatic rings. The zero-order chi connectivity index (χ0) is 25.8. The minimum atomic E-state index is -0.897. The first-order valence-electron chi connectivity index (χ1n) is 14.0. The number of carboxylic acids is 2. The number of hydrogen-bond donors (Lipinski definition) is 3. The Kier molecular flexibility index (Phi) is 5.48. The maximum atomic E-state index is 13.5. The number of carboxylic acid groups (broad SMARTS) is 2. The van der Waals surface area contributed by atoms with E-state index in [1.165, 1.54) is 0 Å². The summed E-state index contributed by atoms with van der Waals surface area (Å²) in [7, 11) is 0. The van der Waals surface area contributed by atoms with Crippen molar-refractivity contribution in [2.24, 2.45) is 56.7 Å². The van der Waals surface area contributed by atoms with Crippen molar-refractivity contribution in [2.75, 3.05) is 0 Å². The third kappa shape index (κ3) is 2.85. The van der Waals surface area contributed by atoms with E-state index in [9.17, 15) is 24.9 Å². The van der Waals surface area contributed by atoms with Crippen LogP contribution in [0.15, 0.2) is 12.2 Å². The molecule has 5 nitrogen and oxygen atoms in total. The molecule has 196 valence electrons. The summed E-state index contributed by atoms with van der Waals surface area (Å²) in [5.41, 5.74) is -1.25. The molecule has 0 aromatic heterocycles. The summed E-state index contributed by atoms with van der Waals surface area (Å²) in [6, 6.07) is 0. The Hall–Kier alpha value is -1.36. The SMILES string of the molecule is C=C(C)[C@@H]1CC[C@]2(C(=O)O)CC[C@]3(C(=O)O)[C@H](CC[C@H]4[C@@]5(C)CC[C@H](O)C(C)(C)[C@@H]5CC[C@]43C)[C@@H]12. The minimum absolute atomic E-state index is 0.00604. The van der Waals surface area contributed by atoms with Crippen LogP contribution in [0.2, 0.25) is 0 Å². The molecular weight excluding hydrogens is 440 g/mol. The molecule has 0 spiro atoms. The van der Waals surface area contributed by atoms with Gasteiger partial charge in [-0.05, 0) is 117 Å². The van der Waals surface area contributed by atoms with Crippen molar-refractivity contribution in [3.8, 4) is 0 Å². The molecule has 5 fully saturated rings. The summed E-state index contributed by atoms with van der Waals surface area (Å²) in [4.78, 5) is 26.3. The van der Waals surface area contributed by atoms with Gasteiger partial charge >= 0.3 is 11.9 Å². The van der Waals surface area contributed by atoms with Gasteiger partial charge in [-0.3, -0.25) is 9.59 Å². The highest BCUT2D eigenvalue weighted by atomic mass is 16.4. The molecule has 0 bridgehead atoms. The molecule has 0 unspecified atom stereocenters. The van der Waals surface area contributed by atoms with Gasteiger partial charge in [0.2, 0.25) is 0 Å². The molecule has 5 rings (SSSR count). The first-order chi connectivity index (χ1) is 16.2. The monoisotopic (exact) mass is 486 g/mol. The third-order valence-electron chi connectivity index (χ3n) is 13.3. The summed E-state index contributed by atoms with van der Waals surface area (Å²) in [5, 5.41) is 32.5. The molecule has 3 N–H and O–H groups in total. The average Bonchev–Trinajstić information content (AvgIpc) is 3.18. The number of hydrogen-bond acceptors (Lipinski definition) is 3. The van der Waals surface area contributed by atoms with Crippen molar-refractivity contribution in [2.45, 2.75) is 105 Å². The Bertz CT molecular complexity index is 954. The van der Waals surface area contributed by atoms with Crippen LogP contribution in [0, 0.1) is 56.7 Å². The first kappa shape index (κ1) is 25.3. The van der Waals surface area contributed by atoms with E-state index >= 15 is 0 Å². The molecule has 5 heteroatoms. The average molecular weight is 487 g/mol. The predicted molar refractivity (Wildman–Crippen MR) is 135 cm³/mol. The molecule has 0 saturated heterocycles.